The van der Waals surface area contributed by atoms with Gasteiger partial charge in [0.2, 0.25) is 15.9 Å². The molecule has 1 aromatic rings. The van der Waals surface area contributed by atoms with Crippen LogP contribution in [0.25, 0.3) is 0 Å². The van der Waals surface area contributed by atoms with Crippen LogP contribution in [0.1, 0.15) is 5.56 Å². The molecule has 0 atom stereocenters. The van der Waals surface area contributed by atoms with Crippen LogP contribution in [0, 0.1) is 5.82 Å². The van der Waals surface area contributed by atoms with E-state index in [1.54, 1.807) is 0 Å². The number of carbonyl (C=O) groups excluding carboxylic acids is 1. The number of halogens is 1. The first kappa shape index (κ1) is 13.3. The SMILES string of the molecule is C=CC(=O)NCc1ccc(F)c(S(N)(=O)=O)c1. The molecule has 0 radical (unpaired) electrons. The van der Waals surface area contributed by atoms with Crippen molar-refractivity contribution in [3.8, 4) is 0 Å². The number of nitrogens with one attached hydrogen (secondary N) is 1. The molecule has 0 fully saturated rings. The fraction of sp³-hybridized carbons (Fsp3) is 0.100. The Labute approximate surface area is 98.2 Å². The van der Waals surface area contributed by atoms with Gasteiger partial charge in [0.05, 0.1) is 0 Å². The highest BCUT2D eigenvalue weighted by molar-refractivity contribution is 7.89. The van der Waals surface area contributed by atoms with Crippen molar-refractivity contribution in [3.05, 3.63) is 42.2 Å². The molecular formula is C10H11FN2O3S. The van der Waals surface area contributed by atoms with Gasteiger partial charge in [-0.1, -0.05) is 12.6 Å². The Balaban J connectivity index is 2.98. The quantitative estimate of drug-likeness (QED) is 0.760. The summed E-state index contributed by atoms with van der Waals surface area (Å²) in [7, 11) is -4.11. The van der Waals surface area contributed by atoms with E-state index in [1.165, 1.54) is 6.07 Å². The van der Waals surface area contributed by atoms with Crippen molar-refractivity contribution < 1.29 is 17.6 Å². The Hall–Kier alpha value is -1.73. The lowest BCUT2D eigenvalue weighted by molar-refractivity contribution is -0.116. The second-order valence-corrected chi connectivity index (χ2v) is 4.76. The smallest absolute Gasteiger partial charge is 0.243 e. The highest BCUT2D eigenvalue weighted by atomic mass is 32.2. The summed E-state index contributed by atoms with van der Waals surface area (Å²) >= 11 is 0. The number of hydrogen-bond acceptors (Lipinski definition) is 3. The highest BCUT2D eigenvalue weighted by Gasteiger charge is 2.14. The van der Waals surface area contributed by atoms with E-state index in [1.807, 2.05) is 0 Å². The van der Waals surface area contributed by atoms with Crippen LogP contribution in [0.3, 0.4) is 0 Å². The topological polar surface area (TPSA) is 89.3 Å². The van der Waals surface area contributed by atoms with Gasteiger partial charge in [-0.15, -0.1) is 0 Å². The van der Waals surface area contributed by atoms with Crippen LogP contribution in [-0.4, -0.2) is 14.3 Å². The maximum absolute atomic E-state index is 13.2. The highest BCUT2D eigenvalue weighted by Crippen LogP contribution is 2.14. The summed E-state index contributed by atoms with van der Waals surface area (Å²) < 4.78 is 35.2. The summed E-state index contributed by atoms with van der Waals surface area (Å²) in [6.45, 7) is 3.32. The van der Waals surface area contributed by atoms with Crippen molar-refractivity contribution in [2.75, 3.05) is 0 Å². The molecule has 0 saturated heterocycles. The van der Waals surface area contributed by atoms with Crippen molar-refractivity contribution in [2.45, 2.75) is 11.4 Å². The van der Waals surface area contributed by atoms with Gasteiger partial charge >= 0.3 is 0 Å². The molecule has 5 nitrogen and oxygen atoms in total. The van der Waals surface area contributed by atoms with Gasteiger partial charge in [-0.3, -0.25) is 4.79 Å². The van der Waals surface area contributed by atoms with Crippen LogP contribution < -0.4 is 10.5 Å². The lowest BCUT2D eigenvalue weighted by Gasteiger charge is -2.05. The fourth-order valence-electron chi connectivity index (χ4n) is 1.14. The summed E-state index contributed by atoms with van der Waals surface area (Å²) in [6.07, 6.45) is 1.07. The number of benzene rings is 1. The van der Waals surface area contributed by atoms with E-state index in [9.17, 15) is 17.6 Å². The minimum absolute atomic E-state index is 0.0631. The maximum atomic E-state index is 13.2. The van der Waals surface area contributed by atoms with E-state index in [2.05, 4.69) is 11.9 Å². The van der Waals surface area contributed by atoms with Gasteiger partial charge in [-0.05, 0) is 23.8 Å². The van der Waals surface area contributed by atoms with Crippen LogP contribution in [0.2, 0.25) is 0 Å². The van der Waals surface area contributed by atoms with E-state index < -0.39 is 26.6 Å². The van der Waals surface area contributed by atoms with Crippen molar-refractivity contribution in [2.24, 2.45) is 5.14 Å². The van der Waals surface area contributed by atoms with E-state index >= 15 is 0 Å². The Kier molecular flexibility index (Phi) is 3.97. The van der Waals surface area contributed by atoms with Crippen LogP contribution >= 0.6 is 0 Å². The molecule has 0 aliphatic carbocycles. The van der Waals surface area contributed by atoms with Crippen molar-refractivity contribution in [1.29, 1.82) is 0 Å². The Bertz CT molecular complexity index is 555. The van der Waals surface area contributed by atoms with Gasteiger partial charge in [0, 0.05) is 6.54 Å². The molecule has 92 valence electrons. The van der Waals surface area contributed by atoms with E-state index in [4.69, 9.17) is 5.14 Å². The molecule has 0 bridgehead atoms. The number of primary sulfonamides is 1. The average molecular weight is 258 g/mol. The molecule has 1 rings (SSSR count). The summed E-state index contributed by atoms with van der Waals surface area (Å²) in [4.78, 5) is 10.3. The summed E-state index contributed by atoms with van der Waals surface area (Å²) in [6, 6.07) is 3.41. The predicted molar refractivity (Wildman–Crippen MR) is 59.8 cm³/mol. The Morgan fingerprint density at radius 2 is 2.18 bits per heavy atom. The second-order valence-electron chi connectivity index (χ2n) is 3.23. The molecule has 0 aliphatic heterocycles. The Morgan fingerprint density at radius 1 is 1.53 bits per heavy atom. The molecule has 0 unspecified atom stereocenters. The third kappa shape index (κ3) is 3.65. The summed E-state index contributed by atoms with van der Waals surface area (Å²) in [5.41, 5.74) is 0.422. The normalized spacial score (nSPS) is 10.9. The number of rotatable bonds is 4. The number of hydrogen-bond donors (Lipinski definition) is 2. The molecule has 3 N–H and O–H groups in total. The van der Waals surface area contributed by atoms with Gasteiger partial charge in [0.15, 0.2) is 0 Å². The van der Waals surface area contributed by atoms with Gasteiger partial charge in [0.25, 0.3) is 0 Å². The van der Waals surface area contributed by atoms with Crippen LogP contribution in [-0.2, 0) is 21.4 Å². The van der Waals surface area contributed by atoms with Gasteiger partial charge < -0.3 is 5.32 Å². The standard InChI is InChI=1S/C10H11FN2O3S/c1-2-10(14)13-6-7-3-4-8(11)9(5-7)17(12,15)16/h2-5H,1,6H2,(H,13,14)(H2,12,15,16). The lowest BCUT2D eigenvalue weighted by atomic mass is 10.2. The predicted octanol–water partition coefficient (Wildman–Crippen LogP) is 0.275. The zero-order valence-electron chi connectivity index (χ0n) is 8.81. The van der Waals surface area contributed by atoms with Gasteiger partial charge in [-0.25, -0.2) is 17.9 Å². The van der Waals surface area contributed by atoms with Crippen LogP contribution in [0.5, 0.6) is 0 Å². The molecule has 1 amide bonds. The second kappa shape index (κ2) is 5.07. The zero-order valence-corrected chi connectivity index (χ0v) is 9.63. The molecule has 1 aromatic carbocycles. The maximum Gasteiger partial charge on any atom is 0.243 e. The Morgan fingerprint density at radius 3 is 2.71 bits per heavy atom. The average Bonchev–Trinajstić information content (AvgIpc) is 2.26. The van der Waals surface area contributed by atoms with Crippen molar-refractivity contribution in [3.63, 3.8) is 0 Å². The minimum atomic E-state index is -4.11. The van der Waals surface area contributed by atoms with Crippen LogP contribution in [0.4, 0.5) is 4.39 Å². The fourth-order valence-corrected chi connectivity index (χ4v) is 1.79. The van der Waals surface area contributed by atoms with Crippen LogP contribution in [0.15, 0.2) is 35.7 Å². The molecule has 7 heteroatoms. The van der Waals surface area contributed by atoms with Crippen molar-refractivity contribution >= 4 is 15.9 Å². The number of carbonyl (C=O) groups is 1. The molecular weight excluding hydrogens is 247 g/mol. The van der Waals surface area contributed by atoms with Crippen molar-refractivity contribution in [1.82, 2.24) is 5.32 Å². The van der Waals surface area contributed by atoms with Gasteiger partial charge in [0.1, 0.15) is 10.7 Å². The first-order valence-electron chi connectivity index (χ1n) is 4.56. The van der Waals surface area contributed by atoms with Gasteiger partial charge in [-0.2, -0.15) is 0 Å². The molecule has 0 spiro atoms. The molecule has 0 aliphatic rings. The van der Waals surface area contributed by atoms with E-state index in [0.29, 0.717) is 5.56 Å². The number of amides is 1. The zero-order chi connectivity index (χ0) is 13.1. The number of sulfonamides is 1. The monoisotopic (exact) mass is 258 g/mol. The largest absolute Gasteiger partial charge is 0.348 e. The first-order valence-corrected chi connectivity index (χ1v) is 6.10. The lowest BCUT2D eigenvalue weighted by Crippen LogP contribution is -2.21. The number of nitrogens with two attached hydrogens (primary N) is 1. The minimum Gasteiger partial charge on any atom is -0.348 e. The van der Waals surface area contributed by atoms with E-state index in [-0.39, 0.29) is 6.54 Å². The molecule has 0 heterocycles. The molecule has 0 aromatic heterocycles. The third-order valence-corrected chi connectivity index (χ3v) is 2.88. The summed E-state index contributed by atoms with van der Waals surface area (Å²) in [5.74, 6) is -1.34. The molecule has 17 heavy (non-hydrogen) atoms. The third-order valence-electron chi connectivity index (χ3n) is 1.95. The first-order chi connectivity index (χ1) is 7.84. The molecule has 0 saturated carbocycles. The summed E-state index contributed by atoms with van der Waals surface area (Å²) in [5, 5.41) is 7.27. The van der Waals surface area contributed by atoms with E-state index in [0.717, 1.165) is 18.2 Å².